The van der Waals surface area contributed by atoms with Crippen molar-refractivity contribution >= 4 is 22.8 Å². The predicted octanol–water partition coefficient (Wildman–Crippen LogP) is 4.60. The van der Waals surface area contributed by atoms with Gasteiger partial charge in [-0.1, -0.05) is 12.1 Å². The number of oxazole rings is 1. The molecule has 32 heavy (non-hydrogen) atoms. The highest BCUT2D eigenvalue weighted by molar-refractivity contribution is 5.94. The molecule has 3 aromatic rings. The van der Waals surface area contributed by atoms with Gasteiger partial charge in [0.2, 0.25) is 5.91 Å². The highest BCUT2D eigenvalue weighted by Crippen LogP contribution is 2.30. The van der Waals surface area contributed by atoms with Crippen LogP contribution in [0.3, 0.4) is 0 Å². The molecule has 4 rings (SSSR count). The SMILES string of the molecule is COc1cc(C(C)=O)ccc1OCCCC(=O)N1CCCC(c2nc3ccccc3o2)C1. The lowest BCUT2D eigenvalue weighted by atomic mass is 9.97. The summed E-state index contributed by atoms with van der Waals surface area (Å²) in [6, 6.07) is 12.8. The van der Waals surface area contributed by atoms with Crippen molar-refractivity contribution in [3.05, 3.63) is 53.9 Å². The van der Waals surface area contributed by atoms with Gasteiger partial charge in [-0.25, -0.2) is 4.98 Å². The molecule has 1 aromatic heterocycles. The molecule has 1 atom stereocenters. The van der Waals surface area contributed by atoms with Crippen LogP contribution in [0.25, 0.3) is 11.1 Å². The summed E-state index contributed by atoms with van der Waals surface area (Å²) >= 11 is 0. The number of carbonyl (C=O) groups excluding carboxylic acids is 2. The first-order chi connectivity index (χ1) is 15.5. The molecule has 0 aliphatic carbocycles. The van der Waals surface area contributed by atoms with E-state index in [1.165, 1.54) is 6.92 Å². The van der Waals surface area contributed by atoms with Crippen LogP contribution in [0.1, 0.15) is 54.8 Å². The molecule has 7 heteroatoms. The molecule has 1 aliphatic rings. The number of Topliss-reactive ketones (excluding diaryl/α,β-unsaturated/α-hetero) is 1. The van der Waals surface area contributed by atoms with Crippen LogP contribution in [0.4, 0.5) is 0 Å². The van der Waals surface area contributed by atoms with Crippen molar-refractivity contribution in [2.75, 3.05) is 26.8 Å². The number of ether oxygens (including phenoxy) is 2. The third-order valence-electron chi connectivity index (χ3n) is 5.80. The van der Waals surface area contributed by atoms with E-state index in [0.717, 1.165) is 30.5 Å². The number of aromatic nitrogens is 1. The number of hydrogen-bond acceptors (Lipinski definition) is 6. The maximum Gasteiger partial charge on any atom is 0.222 e. The van der Waals surface area contributed by atoms with Gasteiger partial charge in [0.1, 0.15) is 5.52 Å². The average molecular weight is 437 g/mol. The minimum absolute atomic E-state index is 0.0295. The summed E-state index contributed by atoms with van der Waals surface area (Å²) in [7, 11) is 1.54. The number of rotatable bonds is 8. The molecule has 168 valence electrons. The zero-order valence-electron chi connectivity index (χ0n) is 18.5. The molecule has 1 saturated heterocycles. The zero-order chi connectivity index (χ0) is 22.5. The van der Waals surface area contributed by atoms with Crippen LogP contribution in [0.15, 0.2) is 46.9 Å². The Balaban J connectivity index is 1.28. The van der Waals surface area contributed by atoms with E-state index in [0.29, 0.717) is 48.9 Å². The van der Waals surface area contributed by atoms with Gasteiger partial charge in [-0.2, -0.15) is 0 Å². The molecule has 2 aromatic carbocycles. The van der Waals surface area contributed by atoms with E-state index in [-0.39, 0.29) is 17.6 Å². The number of fused-ring (bicyclic) bond motifs is 1. The summed E-state index contributed by atoms with van der Waals surface area (Å²) in [5, 5.41) is 0. The Morgan fingerprint density at radius 2 is 2.03 bits per heavy atom. The molecule has 0 radical (unpaired) electrons. The number of likely N-dealkylation sites (tertiary alicyclic amines) is 1. The van der Waals surface area contributed by atoms with Crippen molar-refractivity contribution in [2.24, 2.45) is 0 Å². The van der Waals surface area contributed by atoms with Crippen molar-refractivity contribution in [3.8, 4) is 11.5 Å². The van der Waals surface area contributed by atoms with Crippen molar-refractivity contribution in [2.45, 2.75) is 38.5 Å². The van der Waals surface area contributed by atoms with Crippen molar-refractivity contribution < 1.29 is 23.5 Å². The third-order valence-corrected chi connectivity index (χ3v) is 5.80. The molecule has 1 amide bonds. The van der Waals surface area contributed by atoms with Gasteiger partial charge >= 0.3 is 0 Å². The Kier molecular flexibility index (Phi) is 6.73. The molecule has 0 spiro atoms. The summed E-state index contributed by atoms with van der Waals surface area (Å²) < 4.78 is 17.0. The van der Waals surface area contributed by atoms with Crippen LogP contribution < -0.4 is 9.47 Å². The molecule has 1 unspecified atom stereocenters. The highest BCUT2D eigenvalue weighted by atomic mass is 16.5. The lowest BCUT2D eigenvalue weighted by molar-refractivity contribution is -0.132. The van der Waals surface area contributed by atoms with Crippen LogP contribution in [0, 0.1) is 0 Å². The summed E-state index contributed by atoms with van der Waals surface area (Å²) in [6.45, 7) is 3.30. The topological polar surface area (TPSA) is 81.9 Å². The monoisotopic (exact) mass is 436 g/mol. The first-order valence-electron chi connectivity index (χ1n) is 11.0. The van der Waals surface area contributed by atoms with Crippen LogP contribution in [-0.4, -0.2) is 48.4 Å². The molecule has 1 aliphatic heterocycles. The second-order valence-electron chi connectivity index (χ2n) is 8.07. The second-order valence-corrected chi connectivity index (χ2v) is 8.07. The summed E-state index contributed by atoms with van der Waals surface area (Å²) in [4.78, 5) is 30.8. The number of benzene rings is 2. The Labute approximate surface area is 187 Å². The van der Waals surface area contributed by atoms with E-state index < -0.39 is 0 Å². The van der Waals surface area contributed by atoms with E-state index in [1.807, 2.05) is 29.2 Å². The van der Waals surface area contributed by atoms with E-state index in [4.69, 9.17) is 13.9 Å². The second kappa shape index (κ2) is 9.85. The fourth-order valence-corrected chi connectivity index (χ4v) is 4.04. The van der Waals surface area contributed by atoms with E-state index >= 15 is 0 Å². The minimum Gasteiger partial charge on any atom is -0.493 e. The number of hydrogen-bond donors (Lipinski definition) is 0. The Bertz CT molecular complexity index is 1070. The third kappa shape index (κ3) is 4.93. The molecule has 0 bridgehead atoms. The van der Waals surface area contributed by atoms with E-state index in [9.17, 15) is 9.59 Å². The number of carbonyl (C=O) groups is 2. The average Bonchev–Trinajstić information content (AvgIpc) is 3.26. The predicted molar refractivity (Wildman–Crippen MR) is 120 cm³/mol. The van der Waals surface area contributed by atoms with E-state index in [2.05, 4.69) is 4.98 Å². The lowest BCUT2D eigenvalue weighted by Crippen LogP contribution is -2.39. The number of nitrogens with zero attached hydrogens (tertiary/aromatic N) is 2. The molecule has 7 nitrogen and oxygen atoms in total. The van der Waals surface area contributed by atoms with Gasteiger partial charge in [-0.15, -0.1) is 0 Å². The van der Waals surface area contributed by atoms with Crippen LogP contribution >= 0.6 is 0 Å². The van der Waals surface area contributed by atoms with Crippen LogP contribution in [0.2, 0.25) is 0 Å². The first kappa shape index (κ1) is 21.9. The fourth-order valence-electron chi connectivity index (χ4n) is 4.04. The van der Waals surface area contributed by atoms with Gasteiger partial charge in [0.05, 0.1) is 19.6 Å². The molecule has 1 fully saturated rings. The largest absolute Gasteiger partial charge is 0.493 e. The van der Waals surface area contributed by atoms with Crippen molar-refractivity contribution in [1.82, 2.24) is 9.88 Å². The lowest BCUT2D eigenvalue weighted by Gasteiger charge is -2.31. The summed E-state index contributed by atoms with van der Waals surface area (Å²) in [5.74, 6) is 2.01. The number of amides is 1. The smallest absolute Gasteiger partial charge is 0.222 e. The Hall–Kier alpha value is -3.35. The van der Waals surface area contributed by atoms with Gasteiger partial charge in [-0.05, 0) is 56.5 Å². The van der Waals surface area contributed by atoms with Crippen molar-refractivity contribution in [1.29, 1.82) is 0 Å². The number of ketones is 1. The van der Waals surface area contributed by atoms with Crippen LogP contribution in [0.5, 0.6) is 11.5 Å². The van der Waals surface area contributed by atoms with Gasteiger partial charge in [0.15, 0.2) is 28.8 Å². The van der Waals surface area contributed by atoms with Crippen molar-refractivity contribution in [3.63, 3.8) is 0 Å². The molecule has 0 N–H and O–H groups in total. The van der Waals surface area contributed by atoms with Gasteiger partial charge in [0, 0.05) is 25.1 Å². The van der Waals surface area contributed by atoms with Gasteiger partial charge in [-0.3, -0.25) is 9.59 Å². The quantitative estimate of drug-likeness (QED) is 0.379. The number of methoxy groups -OCH3 is 1. The number of piperidine rings is 1. The summed E-state index contributed by atoms with van der Waals surface area (Å²) in [5.41, 5.74) is 2.22. The van der Waals surface area contributed by atoms with Gasteiger partial charge < -0.3 is 18.8 Å². The van der Waals surface area contributed by atoms with Gasteiger partial charge in [0.25, 0.3) is 0 Å². The molecule has 2 heterocycles. The molecule has 0 saturated carbocycles. The maximum atomic E-state index is 12.8. The Morgan fingerprint density at radius 3 is 2.81 bits per heavy atom. The standard InChI is InChI=1S/C25H28N2O5/c1-17(28)18-11-12-22(23(15-18)30-2)31-14-6-10-24(29)27-13-5-7-19(16-27)25-26-20-8-3-4-9-21(20)32-25/h3-4,8-9,11-12,15,19H,5-7,10,13-14,16H2,1-2H3. The molecular formula is C25H28N2O5. The van der Waals surface area contributed by atoms with Crippen LogP contribution in [-0.2, 0) is 4.79 Å². The van der Waals surface area contributed by atoms with E-state index in [1.54, 1.807) is 25.3 Å². The first-order valence-corrected chi connectivity index (χ1v) is 11.0. The number of para-hydroxylation sites is 2. The normalized spacial score (nSPS) is 16.2. The maximum absolute atomic E-state index is 12.8. The Morgan fingerprint density at radius 1 is 1.19 bits per heavy atom. The molecular weight excluding hydrogens is 408 g/mol. The zero-order valence-corrected chi connectivity index (χ0v) is 18.5. The minimum atomic E-state index is -0.0295. The fraction of sp³-hybridized carbons (Fsp3) is 0.400. The highest BCUT2D eigenvalue weighted by Gasteiger charge is 2.27. The summed E-state index contributed by atoms with van der Waals surface area (Å²) in [6.07, 6.45) is 2.91.